The molecule has 0 rings (SSSR count). The van der Waals surface area contributed by atoms with Crippen LogP contribution in [0.1, 0.15) is 25.7 Å². The molecule has 154 valence electrons. The highest BCUT2D eigenvalue weighted by molar-refractivity contribution is 5.77. The fourth-order valence-electron chi connectivity index (χ4n) is 1.93. The third-order valence-corrected chi connectivity index (χ3v) is 3.29. The summed E-state index contributed by atoms with van der Waals surface area (Å²) in [5.41, 5.74) is 5.02. The summed E-state index contributed by atoms with van der Waals surface area (Å²) in [4.78, 5) is 22.1. The first-order valence-corrected chi connectivity index (χ1v) is 8.90. The number of carbonyl (C=O) groups is 2. The molecular formula is C17H34N2O7. The van der Waals surface area contributed by atoms with Gasteiger partial charge in [0.2, 0.25) is 11.8 Å². The first-order valence-electron chi connectivity index (χ1n) is 8.90. The first kappa shape index (κ1) is 24.7. The predicted molar refractivity (Wildman–Crippen MR) is 95.8 cm³/mol. The monoisotopic (exact) mass is 378 g/mol. The van der Waals surface area contributed by atoms with Gasteiger partial charge in [0.25, 0.3) is 0 Å². The van der Waals surface area contributed by atoms with E-state index in [0.717, 1.165) is 0 Å². The third-order valence-electron chi connectivity index (χ3n) is 3.29. The van der Waals surface area contributed by atoms with Crippen LogP contribution in [-0.4, -0.2) is 84.9 Å². The fraction of sp³-hybridized carbons (Fsp3) is 0.882. The molecule has 1 unspecified atom stereocenters. The van der Waals surface area contributed by atoms with Gasteiger partial charge in [0.1, 0.15) is 6.10 Å². The maximum Gasteiger partial charge on any atom is 0.220 e. The van der Waals surface area contributed by atoms with Gasteiger partial charge in [-0.1, -0.05) is 0 Å². The summed E-state index contributed by atoms with van der Waals surface area (Å²) in [5.74, 6) is -0.474. The van der Waals surface area contributed by atoms with Crippen molar-refractivity contribution in [3.63, 3.8) is 0 Å². The lowest BCUT2D eigenvalue weighted by Crippen LogP contribution is -2.29. The number of primary amides is 1. The van der Waals surface area contributed by atoms with Crippen LogP contribution >= 0.6 is 0 Å². The topological polar surface area (TPSA) is 118 Å². The van der Waals surface area contributed by atoms with Gasteiger partial charge in [-0.3, -0.25) is 9.59 Å². The average molecular weight is 378 g/mol. The molecule has 3 N–H and O–H groups in total. The van der Waals surface area contributed by atoms with Crippen molar-refractivity contribution in [3.05, 3.63) is 0 Å². The van der Waals surface area contributed by atoms with Gasteiger partial charge in [-0.25, -0.2) is 0 Å². The second-order valence-electron chi connectivity index (χ2n) is 5.65. The Morgan fingerprint density at radius 2 is 1.54 bits per heavy atom. The standard InChI is InChI=1S/C17H34N2O7/c1-22-9-11-25-14-15(26-12-10-23-2)13-24-8-4-7-19-17(21)6-3-5-16(18)20/h15H,3-14H2,1-2H3,(H2,18,20)(H,19,21). The molecule has 9 heteroatoms. The van der Waals surface area contributed by atoms with E-state index in [1.165, 1.54) is 0 Å². The van der Waals surface area contributed by atoms with Crippen LogP contribution in [0, 0.1) is 0 Å². The molecule has 0 aliphatic heterocycles. The molecule has 0 aliphatic rings. The minimum atomic E-state index is -0.389. The summed E-state index contributed by atoms with van der Waals surface area (Å²) in [6.45, 7) is 3.87. The highest BCUT2D eigenvalue weighted by Gasteiger charge is 2.10. The minimum absolute atomic E-state index is 0.0847. The van der Waals surface area contributed by atoms with Gasteiger partial charge in [0.05, 0.1) is 39.6 Å². The van der Waals surface area contributed by atoms with Crippen molar-refractivity contribution < 1.29 is 33.3 Å². The van der Waals surface area contributed by atoms with E-state index in [1.807, 2.05) is 0 Å². The molecule has 0 aromatic rings. The summed E-state index contributed by atoms with van der Waals surface area (Å²) in [6, 6.07) is 0. The molecule has 0 heterocycles. The van der Waals surface area contributed by atoms with Crippen molar-refractivity contribution in [2.24, 2.45) is 5.73 Å². The van der Waals surface area contributed by atoms with Crippen LogP contribution in [0.3, 0.4) is 0 Å². The molecule has 26 heavy (non-hydrogen) atoms. The second-order valence-corrected chi connectivity index (χ2v) is 5.65. The first-order chi connectivity index (χ1) is 12.6. The maximum atomic E-state index is 11.5. The summed E-state index contributed by atoms with van der Waals surface area (Å²) in [7, 11) is 3.24. The minimum Gasteiger partial charge on any atom is -0.382 e. The molecule has 0 aromatic carbocycles. The fourth-order valence-corrected chi connectivity index (χ4v) is 1.93. The third kappa shape index (κ3) is 17.6. The van der Waals surface area contributed by atoms with Crippen molar-refractivity contribution in [1.29, 1.82) is 0 Å². The van der Waals surface area contributed by atoms with Crippen molar-refractivity contribution in [2.75, 3.05) is 67.0 Å². The molecular weight excluding hydrogens is 344 g/mol. The Balaban J connectivity index is 3.71. The number of rotatable bonds is 19. The van der Waals surface area contributed by atoms with Crippen LogP contribution in [0.15, 0.2) is 0 Å². The molecule has 0 spiro atoms. The number of nitrogens with two attached hydrogens (primary N) is 1. The van der Waals surface area contributed by atoms with E-state index >= 15 is 0 Å². The molecule has 0 saturated heterocycles. The zero-order valence-electron chi connectivity index (χ0n) is 16.0. The Labute approximate surface area is 155 Å². The lowest BCUT2D eigenvalue weighted by Gasteiger charge is -2.18. The van der Waals surface area contributed by atoms with E-state index < -0.39 is 0 Å². The summed E-state index contributed by atoms with van der Waals surface area (Å²) < 4.78 is 26.6. The maximum absolute atomic E-state index is 11.5. The normalized spacial score (nSPS) is 12.1. The Bertz CT molecular complexity index is 356. The van der Waals surface area contributed by atoms with Gasteiger partial charge in [-0.2, -0.15) is 0 Å². The number of amides is 2. The number of hydrogen-bond acceptors (Lipinski definition) is 7. The smallest absolute Gasteiger partial charge is 0.220 e. The lowest BCUT2D eigenvalue weighted by molar-refractivity contribution is -0.121. The molecule has 1 atom stereocenters. The molecule has 9 nitrogen and oxygen atoms in total. The van der Waals surface area contributed by atoms with Crippen LogP contribution < -0.4 is 11.1 Å². The quantitative estimate of drug-likeness (QED) is 0.300. The van der Waals surface area contributed by atoms with Gasteiger partial charge in [-0.15, -0.1) is 0 Å². The van der Waals surface area contributed by atoms with Gasteiger partial charge >= 0.3 is 0 Å². The van der Waals surface area contributed by atoms with Gasteiger partial charge in [0, 0.05) is 40.2 Å². The molecule has 0 aromatic heterocycles. The SMILES string of the molecule is COCCOCC(COCCCNC(=O)CCCC(N)=O)OCCOC. The molecule has 0 bridgehead atoms. The van der Waals surface area contributed by atoms with E-state index in [-0.39, 0.29) is 24.3 Å². The Morgan fingerprint density at radius 3 is 2.19 bits per heavy atom. The zero-order valence-corrected chi connectivity index (χ0v) is 16.0. The number of carbonyl (C=O) groups excluding carboxylic acids is 2. The van der Waals surface area contributed by atoms with E-state index in [2.05, 4.69) is 5.32 Å². The summed E-state index contributed by atoms with van der Waals surface area (Å²) >= 11 is 0. The largest absolute Gasteiger partial charge is 0.382 e. The number of methoxy groups -OCH3 is 2. The van der Waals surface area contributed by atoms with Crippen molar-refractivity contribution in [1.82, 2.24) is 5.32 Å². The van der Waals surface area contributed by atoms with Gasteiger partial charge in [-0.05, 0) is 12.8 Å². The Kier molecular flexibility index (Phi) is 17.6. The van der Waals surface area contributed by atoms with E-state index in [0.29, 0.717) is 72.1 Å². The molecule has 0 saturated carbocycles. The van der Waals surface area contributed by atoms with Crippen LogP contribution in [0.4, 0.5) is 0 Å². The number of hydrogen-bond donors (Lipinski definition) is 2. The molecule has 0 aliphatic carbocycles. The van der Waals surface area contributed by atoms with Crippen molar-refractivity contribution >= 4 is 11.8 Å². The molecule has 0 radical (unpaired) electrons. The van der Waals surface area contributed by atoms with Gasteiger partial charge in [0.15, 0.2) is 0 Å². The Hall–Kier alpha value is -1.26. The second kappa shape index (κ2) is 18.5. The van der Waals surface area contributed by atoms with Crippen molar-refractivity contribution in [3.8, 4) is 0 Å². The van der Waals surface area contributed by atoms with Crippen LogP contribution in [0.2, 0.25) is 0 Å². The van der Waals surface area contributed by atoms with Gasteiger partial charge < -0.3 is 34.7 Å². The van der Waals surface area contributed by atoms with Crippen LogP contribution in [0.5, 0.6) is 0 Å². The lowest BCUT2D eigenvalue weighted by atomic mass is 10.2. The summed E-state index contributed by atoms with van der Waals surface area (Å²) in [6.07, 6.45) is 1.52. The number of nitrogens with one attached hydrogen (secondary N) is 1. The average Bonchev–Trinajstić information content (AvgIpc) is 2.60. The van der Waals surface area contributed by atoms with Crippen molar-refractivity contribution in [2.45, 2.75) is 31.8 Å². The van der Waals surface area contributed by atoms with E-state index in [9.17, 15) is 9.59 Å². The van der Waals surface area contributed by atoms with E-state index in [1.54, 1.807) is 14.2 Å². The van der Waals surface area contributed by atoms with Crippen LogP contribution in [-0.2, 0) is 33.3 Å². The number of ether oxygens (including phenoxy) is 5. The Morgan fingerprint density at radius 1 is 0.885 bits per heavy atom. The molecule has 2 amide bonds. The zero-order chi connectivity index (χ0) is 19.5. The predicted octanol–water partition coefficient (Wildman–Crippen LogP) is -0.140. The van der Waals surface area contributed by atoms with E-state index in [4.69, 9.17) is 29.4 Å². The summed E-state index contributed by atoms with van der Waals surface area (Å²) in [5, 5.41) is 2.78. The highest BCUT2D eigenvalue weighted by Crippen LogP contribution is 1.98. The van der Waals surface area contributed by atoms with Crippen LogP contribution in [0.25, 0.3) is 0 Å². The highest BCUT2D eigenvalue weighted by atomic mass is 16.6. The molecule has 0 fully saturated rings.